The van der Waals surface area contributed by atoms with Crippen molar-refractivity contribution in [3.63, 3.8) is 0 Å². The van der Waals surface area contributed by atoms with E-state index in [1.54, 1.807) is 0 Å². The fourth-order valence-electron chi connectivity index (χ4n) is 5.11. The summed E-state index contributed by atoms with van der Waals surface area (Å²) in [5.74, 6) is -1.30. The number of nitrogens with one attached hydrogen (secondary N) is 1. The highest BCUT2D eigenvalue weighted by atomic mass is 32.2. The van der Waals surface area contributed by atoms with Gasteiger partial charge in [-0.25, -0.2) is 12.8 Å². The molecule has 0 aliphatic heterocycles. The van der Waals surface area contributed by atoms with Gasteiger partial charge in [-0.3, -0.25) is 13.9 Å². The van der Waals surface area contributed by atoms with E-state index >= 15 is 0 Å². The largest absolute Gasteiger partial charge is 0.352 e. The lowest BCUT2D eigenvalue weighted by Gasteiger charge is -2.34. The molecule has 1 fully saturated rings. The lowest BCUT2D eigenvalue weighted by molar-refractivity contribution is -0.140. The van der Waals surface area contributed by atoms with Crippen LogP contribution in [0.5, 0.6) is 0 Å². The van der Waals surface area contributed by atoms with Crippen LogP contribution in [0, 0.1) is 12.7 Å². The molecule has 1 N–H and O–H groups in total. The number of hydrogen-bond acceptors (Lipinski definition) is 4. The Morgan fingerprint density at radius 1 is 0.950 bits per heavy atom. The third-order valence-electron chi connectivity index (χ3n) is 7.37. The lowest BCUT2D eigenvalue weighted by atomic mass is 10.0. The van der Waals surface area contributed by atoms with Crippen molar-refractivity contribution in [3.8, 4) is 0 Å². The van der Waals surface area contributed by atoms with Crippen LogP contribution < -0.4 is 9.62 Å². The van der Waals surface area contributed by atoms with Crippen molar-refractivity contribution in [3.05, 3.63) is 101 Å². The Morgan fingerprint density at radius 3 is 2.20 bits per heavy atom. The highest BCUT2D eigenvalue weighted by Gasteiger charge is 2.34. The topological polar surface area (TPSA) is 86.8 Å². The van der Waals surface area contributed by atoms with E-state index in [0.29, 0.717) is 0 Å². The second kappa shape index (κ2) is 13.1. The summed E-state index contributed by atoms with van der Waals surface area (Å²) < 4.78 is 40.1. The second-order valence-electron chi connectivity index (χ2n) is 10.4. The Morgan fingerprint density at radius 2 is 1.57 bits per heavy atom. The van der Waals surface area contributed by atoms with Crippen LogP contribution in [0.1, 0.15) is 42.4 Å². The molecule has 0 unspecified atom stereocenters. The first-order chi connectivity index (χ1) is 19.1. The third-order valence-corrected chi connectivity index (χ3v) is 8.51. The quantitative estimate of drug-likeness (QED) is 0.368. The normalized spacial score (nSPS) is 14.5. The number of carbonyl (C=O) groups excluding carboxylic acids is 2. The number of sulfonamides is 1. The van der Waals surface area contributed by atoms with Gasteiger partial charge in [0.05, 0.1) is 11.9 Å². The average molecular weight is 566 g/mol. The fourth-order valence-corrected chi connectivity index (χ4v) is 5.96. The maximum absolute atomic E-state index is 14.1. The van der Waals surface area contributed by atoms with Crippen molar-refractivity contribution in [2.75, 3.05) is 17.1 Å². The number of halogens is 1. The molecule has 1 atom stereocenters. The summed E-state index contributed by atoms with van der Waals surface area (Å²) in [6, 6.07) is 21.2. The van der Waals surface area contributed by atoms with Gasteiger partial charge in [-0.1, -0.05) is 67.4 Å². The van der Waals surface area contributed by atoms with Crippen molar-refractivity contribution in [1.82, 2.24) is 10.2 Å². The Labute approximate surface area is 236 Å². The number of hydrogen-bond donors (Lipinski definition) is 1. The summed E-state index contributed by atoms with van der Waals surface area (Å²) in [6.07, 6.45) is 5.14. The minimum absolute atomic E-state index is 0.0490. The summed E-state index contributed by atoms with van der Waals surface area (Å²) in [6.45, 7) is 1.53. The maximum Gasteiger partial charge on any atom is 0.244 e. The van der Waals surface area contributed by atoms with E-state index in [-0.39, 0.29) is 30.6 Å². The second-order valence-corrected chi connectivity index (χ2v) is 12.3. The van der Waals surface area contributed by atoms with Gasteiger partial charge in [-0.15, -0.1) is 0 Å². The summed E-state index contributed by atoms with van der Waals surface area (Å²) in [4.78, 5) is 29.4. The monoisotopic (exact) mass is 565 g/mol. The smallest absolute Gasteiger partial charge is 0.244 e. The van der Waals surface area contributed by atoms with E-state index in [9.17, 15) is 22.4 Å². The van der Waals surface area contributed by atoms with Gasteiger partial charge in [0.25, 0.3) is 0 Å². The van der Waals surface area contributed by atoms with Crippen LogP contribution >= 0.6 is 0 Å². The molecule has 7 nitrogen and oxygen atoms in total. The predicted molar refractivity (Wildman–Crippen MR) is 155 cm³/mol. The number of nitrogens with zero attached hydrogens (tertiary/aromatic N) is 2. The first kappa shape index (κ1) is 29.3. The number of carbonyl (C=O) groups is 2. The number of rotatable bonds is 11. The highest BCUT2D eigenvalue weighted by molar-refractivity contribution is 7.92. The highest BCUT2D eigenvalue weighted by Crippen LogP contribution is 2.23. The van der Waals surface area contributed by atoms with Crippen LogP contribution in [0.4, 0.5) is 10.1 Å². The zero-order valence-electron chi connectivity index (χ0n) is 22.9. The van der Waals surface area contributed by atoms with Gasteiger partial charge >= 0.3 is 0 Å². The molecule has 1 saturated carbocycles. The van der Waals surface area contributed by atoms with Crippen molar-refractivity contribution in [2.45, 2.75) is 57.7 Å². The third kappa shape index (κ3) is 7.69. The molecule has 0 spiro atoms. The zero-order chi connectivity index (χ0) is 28.7. The molecule has 212 valence electrons. The van der Waals surface area contributed by atoms with E-state index in [1.165, 1.54) is 17.0 Å². The number of benzene rings is 3. The number of aryl methyl sites for hydroxylation is 1. The van der Waals surface area contributed by atoms with Crippen LogP contribution in [0.15, 0.2) is 78.9 Å². The number of amides is 2. The minimum atomic E-state index is -3.90. The Kier molecular flexibility index (Phi) is 9.58. The van der Waals surface area contributed by atoms with Gasteiger partial charge in [0.15, 0.2) is 0 Å². The van der Waals surface area contributed by atoms with Crippen molar-refractivity contribution >= 4 is 27.5 Å². The molecule has 0 radical (unpaired) electrons. The van der Waals surface area contributed by atoms with Gasteiger partial charge in [0.2, 0.25) is 21.8 Å². The molecule has 9 heteroatoms. The molecule has 1 aliphatic carbocycles. The molecular weight excluding hydrogens is 529 g/mol. The average Bonchev–Trinajstić information content (AvgIpc) is 3.44. The van der Waals surface area contributed by atoms with Gasteiger partial charge in [-0.2, -0.15) is 0 Å². The molecule has 2 amide bonds. The molecule has 3 aromatic rings. The van der Waals surface area contributed by atoms with E-state index in [1.807, 2.05) is 61.5 Å². The predicted octanol–water partition coefficient (Wildman–Crippen LogP) is 4.60. The van der Waals surface area contributed by atoms with E-state index in [4.69, 9.17) is 0 Å². The maximum atomic E-state index is 14.1. The summed E-state index contributed by atoms with van der Waals surface area (Å²) >= 11 is 0. The lowest BCUT2D eigenvalue weighted by Crippen LogP contribution is -2.54. The number of anilines is 1. The molecule has 1 aliphatic rings. The minimum Gasteiger partial charge on any atom is -0.352 e. The van der Waals surface area contributed by atoms with E-state index in [0.717, 1.165) is 65.1 Å². The Balaban J connectivity index is 1.72. The van der Waals surface area contributed by atoms with Gasteiger partial charge in [0, 0.05) is 19.0 Å². The van der Waals surface area contributed by atoms with Crippen LogP contribution in [0.3, 0.4) is 0 Å². The first-order valence-electron chi connectivity index (χ1n) is 13.5. The van der Waals surface area contributed by atoms with Crippen LogP contribution in [0.2, 0.25) is 0 Å². The van der Waals surface area contributed by atoms with Crippen LogP contribution in [-0.2, 0) is 32.6 Å². The zero-order valence-corrected chi connectivity index (χ0v) is 23.7. The van der Waals surface area contributed by atoms with Crippen molar-refractivity contribution in [1.29, 1.82) is 0 Å². The van der Waals surface area contributed by atoms with E-state index < -0.39 is 34.3 Å². The molecule has 4 rings (SSSR count). The fraction of sp³-hybridized carbons (Fsp3) is 0.355. The Bertz CT molecular complexity index is 1410. The van der Waals surface area contributed by atoms with E-state index in [2.05, 4.69) is 5.32 Å². The molecule has 0 heterocycles. The van der Waals surface area contributed by atoms with Crippen LogP contribution in [0.25, 0.3) is 0 Å². The summed E-state index contributed by atoms with van der Waals surface area (Å²) in [5.41, 5.74) is 2.86. The van der Waals surface area contributed by atoms with Crippen molar-refractivity contribution < 1.29 is 22.4 Å². The molecule has 0 bridgehead atoms. The SMILES string of the molecule is Cc1ccccc1CN(C(=O)CN(c1ccc(F)cc1)S(C)(=O)=O)[C@@H](Cc1ccccc1)C(=O)NC1CCCC1. The van der Waals surface area contributed by atoms with Gasteiger partial charge in [-0.05, 0) is 60.7 Å². The molecule has 3 aromatic carbocycles. The van der Waals surface area contributed by atoms with Gasteiger partial charge in [0.1, 0.15) is 18.4 Å². The standard InChI is InChI=1S/C31H36FN3O4S/c1-23-10-6-7-13-25(23)21-34(30(36)22-35(40(2,38)39)28-18-16-26(32)17-19-28)29(20-24-11-4-3-5-12-24)31(37)33-27-14-8-9-15-27/h3-7,10-13,16-19,27,29H,8-9,14-15,20-22H2,1-2H3,(H,33,37)/t29-/m0/s1. The molecular formula is C31H36FN3O4S. The van der Waals surface area contributed by atoms with Crippen LogP contribution in [-0.4, -0.2) is 50.0 Å². The molecule has 0 aromatic heterocycles. The molecule has 40 heavy (non-hydrogen) atoms. The Hall–Kier alpha value is -3.72. The summed E-state index contributed by atoms with van der Waals surface area (Å²) in [5, 5.41) is 3.15. The van der Waals surface area contributed by atoms with Crippen molar-refractivity contribution in [2.24, 2.45) is 0 Å². The van der Waals surface area contributed by atoms with Gasteiger partial charge < -0.3 is 10.2 Å². The molecule has 0 saturated heterocycles. The first-order valence-corrected chi connectivity index (χ1v) is 15.4. The summed E-state index contributed by atoms with van der Waals surface area (Å²) in [7, 11) is -3.90.